The number of anilines is 2. The molecule has 1 aliphatic rings. The zero-order chi connectivity index (χ0) is 17.8. The first-order chi connectivity index (χ1) is 12.1. The summed E-state index contributed by atoms with van der Waals surface area (Å²) in [5.41, 5.74) is 2.42. The first-order valence-electron chi connectivity index (χ1n) is 8.33. The standard InChI is InChI=1S/C20H21N3O2/c1-15-13-22(16(2)24)18-7-3-4-8-19(18)23(14-15)20(25)10-9-17-6-5-11-21-12-17/h3-12,15H,13-14H2,1-2H3/b10-9+. The molecule has 5 nitrogen and oxygen atoms in total. The van der Waals surface area contributed by atoms with E-state index in [1.165, 1.54) is 0 Å². The SMILES string of the molecule is CC(=O)N1CC(C)CN(C(=O)/C=C/c2cccnc2)c2ccccc21. The number of amides is 2. The van der Waals surface area contributed by atoms with E-state index >= 15 is 0 Å². The van der Waals surface area contributed by atoms with Gasteiger partial charge in [-0.2, -0.15) is 0 Å². The summed E-state index contributed by atoms with van der Waals surface area (Å²) in [4.78, 5) is 32.4. The molecule has 0 bridgehead atoms. The van der Waals surface area contributed by atoms with Gasteiger partial charge in [-0.05, 0) is 35.8 Å². The fourth-order valence-corrected chi connectivity index (χ4v) is 3.04. The maximum Gasteiger partial charge on any atom is 0.251 e. The molecule has 0 radical (unpaired) electrons. The lowest BCUT2D eigenvalue weighted by atomic mass is 10.1. The number of fused-ring (bicyclic) bond motifs is 1. The summed E-state index contributed by atoms with van der Waals surface area (Å²) in [6, 6.07) is 11.3. The minimum absolute atomic E-state index is 0.0144. The van der Waals surface area contributed by atoms with Crippen molar-refractivity contribution in [1.82, 2.24) is 4.98 Å². The second-order valence-corrected chi connectivity index (χ2v) is 6.29. The fourth-order valence-electron chi connectivity index (χ4n) is 3.04. The summed E-state index contributed by atoms with van der Waals surface area (Å²) in [6.07, 6.45) is 6.72. The van der Waals surface area contributed by atoms with Crippen LogP contribution in [0, 0.1) is 5.92 Å². The van der Waals surface area contributed by atoms with Gasteiger partial charge in [0.15, 0.2) is 0 Å². The van der Waals surface area contributed by atoms with Crippen LogP contribution in [0.25, 0.3) is 6.08 Å². The molecule has 128 valence electrons. The molecular formula is C20H21N3O2. The molecule has 5 heteroatoms. The van der Waals surface area contributed by atoms with Crippen LogP contribution in [0.5, 0.6) is 0 Å². The molecule has 0 N–H and O–H groups in total. The third kappa shape index (κ3) is 3.76. The van der Waals surface area contributed by atoms with Crippen LogP contribution >= 0.6 is 0 Å². The number of rotatable bonds is 2. The molecule has 0 saturated carbocycles. The molecule has 0 aliphatic carbocycles. The molecular weight excluding hydrogens is 314 g/mol. The number of para-hydroxylation sites is 2. The van der Waals surface area contributed by atoms with Gasteiger partial charge in [-0.15, -0.1) is 0 Å². The Bertz CT molecular complexity index is 802. The summed E-state index contributed by atoms with van der Waals surface area (Å²) >= 11 is 0. The Hall–Kier alpha value is -2.95. The molecule has 2 amide bonds. The molecule has 1 atom stereocenters. The van der Waals surface area contributed by atoms with Crippen LogP contribution in [0.1, 0.15) is 19.4 Å². The highest BCUT2D eigenvalue weighted by Crippen LogP contribution is 2.33. The molecule has 1 aromatic heterocycles. The summed E-state index contributed by atoms with van der Waals surface area (Å²) in [6.45, 7) is 4.77. The Balaban J connectivity index is 1.94. The third-order valence-electron chi connectivity index (χ3n) is 4.20. The summed E-state index contributed by atoms with van der Waals surface area (Å²) in [5.74, 6) is 0.0556. The lowest BCUT2D eigenvalue weighted by Gasteiger charge is -2.24. The number of benzene rings is 1. The summed E-state index contributed by atoms with van der Waals surface area (Å²) < 4.78 is 0. The molecule has 1 aliphatic heterocycles. The van der Waals surface area contributed by atoms with E-state index in [-0.39, 0.29) is 17.7 Å². The van der Waals surface area contributed by atoms with E-state index in [2.05, 4.69) is 4.98 Å². The van der Waals surface area contributed by atoms with Crippen LogP contribution in [0.3, 0.4) is 0 Å². The Morgan fingerprint density at radius 1 is 1.08 bits per heavy atom. The number of nitrogens with zero attached hydrogens (tertiary/aromatic N) is 3. The predicted molar refractivity (Wildman–Crippen MR) is 99.3 cm³/mol. The normalized spacial score (nSPS) is 17.3. The van der Waals surface area contributed by atoms with Gasteiger partial charge in [0, 0.05) is 38.5 Å². The second-order valence-electron chi connectivity index (χ2n) is 6.29. The average Bonchev–Trinajstić information content (AvgIpc) is 2.78. The highest BCUT2D eigenvalue weighted by molar-refractivity contribution is 6.07. The zero-order valence-corrected chi connectivity index (χ0v) is 14.4. The summed E-state index contributed by atoms with van der Waals surface area (Å²) in [7, 11) is 0. The van der Waals surface area contributed by atoms with Crippen molar-refractivity contribution in [3.05, 3.63) is 60.4 Å². The van der Waals surface area contributed by atoms with Crippen LogP contribution < -0.4 is 9.80 Å². The smallest absolute Gasteiger partial charge is 0.251 e. The minimum Gasteiger partial charge on any atom is -0.310 e. The highest BCUT2D eigenvalue weighted by Gasteiger charge is 2.28. The Morgan fingerprint density at radius 3 is 2.40 bits per heavy atom. The van der Waals surface area contributed by atoms with Gasteiger partial charge in [0.2, 0.25) is 5.91 Å². The molecule has 0 saturated heterocycles. The largest absolute Gasteiger partial charge is 0.310 e. The molecule has 1 unspecified atom stereocenters. The predicted octanol–water partition coefficient (Wildman–Crippen LogP) is 3.13. The van der Waals surface area contributed by atoms with Crippen molar-refractivity contribution in [3.63, 3.8) is 0 Å². The number of carbonyl (C=O) groups is 2. The van der Waals surface area contributed by atoms with Crippen molar-refractivity contribution in [2.45, 2.75) is 13.8 Å². The molecule has 1 aromatic carbocycles. The number of carbonyl (C=O) groups excluding carboxylic acids is 2. The van der Waals surface area contributed by atoms with Crippen molar-refractivity contribution >= 4 is 29.3 Å². The number of hydrogen-bond donors (Lipinski definition) is 0. The van der Waals surface area contributed by atoms with E-state index in [0.717, 1.165) is 16.9 Å². The van der Waals surface area contributed by atoms with Gasteiger partial charge in [-0.1, -0.05) is 25.1 Å². The van der Waals surface area contributed by atoms with Crippen molar-refractivity contribution in [1.29, 1.82) is 0 Å². The van der Waals surface area contributed by atoms with E-state index in [1.54, 1.807) is 41.3 Å². The second kappa shape index (κ2) is 7.30. The van der Waals surface area contributed by atoms with E-state index in [0.29, 0.717) is 13.1 Å². The van der Waals surface area contributed by atoms with Crippen LogP contribution in [-0.2, 0) is 9.59 Å². The van der Waals surface area contributed by atoms with Gasteiger partial charge >= 0.3 is 0 Å². The van der Waals surface area contributed by atoms with E-state index in [4.69, 9.17) is 0 Å². The number of hydrogen-bond acceptors (Lipinski definition) is 3. The monoisotopic (exact) mass is 335 g/mol. The van der Waals surface area contributed by atoms with Crippen LogP contribution in [0.15, 0.2) is 54.9 Å². The maximum absolute atomic E-state index is 12.8. The van der Waals surface area contributed by atoms with E-state index < -0.39 is 0 Å². The van der Waals surface area contributed by atoms with Crippen molar-refractivity contribution in [2.24, 2.45) is 5.92 Å². The van der Waals surface area contributed by atoms with Crippen LogP contribution in [0.2, 0.25) is 0 Å². The Labute approximate surface area is 147 Å². The van der Waals surface area contributed by atoms with Gasteiger partial charge < -0.3 is 9.80 Å². The number of aromatic nitrogens is 1. The Kier molecular flexibility index (Phi) is 4.93. The van der Waals surface area contributed by atoms with Crippen LogP contribution in [0.4, 0.5) is 11.4 Å². The molecule has 0 fully saturated rings. The molecule has 2 heterocycles. The molecule has 0 spiro atoms. The van der Waals surface area contributed by atoms with E-state index in [9.17, 15) is 9.59 Å². The van der Waals surface area contributed by atoms with Crippen molar-refractivity contribution in [3.8, 4) is 0 Å². The lowest BCUT2D eigenvalue weighted by Crippen LogP contribution is -2.35. The first-order valence-corrected chi connectivity index (χ1v) is 8.33. The average molecular weight is 335 g/mol. The first kappa shape index (κ1) is 16.9. The van der Waals surface area contributed by atoms with Crippen LogP contribution in [-0.4, -0.2) is 29.9 Å². The Morgan fingerprint density at radius 2 is 1.76 bits per heavy atom. The highest BCUT2D eigenvalue weighted by atomic mass is 16.2. The molecule has 25 heavy (non-hydrogen) atoms. The van der Waals surface area contributed by atoms with E-state index in [1.807, 2.05) is 43.3 Å². The van der Waals surface area contributed by atoms with Gasteiger partial charge in [0.05, 0.1) is 11.4 Å². The third-order valence-corrected chi connectivity index (χ3v) is 4.20. The van der Waals surface area contributed by atoms with Crippen molar-refractivity contribution in [2.75, 3.05) is 22.9 Å². The van der Waals surface area contributed by atoms with Crippen molar-refractivity contribution < 1.29 is 9.59 Å². The molecule has 3 rings (SSSR count). The van der Waals surface area contributed by atoms with Gasteiger partial charge in [0.25, 0.3) is 5.91 Å². The van der Waals surface area contributed by atoms with Gasteiger partial charge in [0.1, 0.15) is 0 Å². The van der Waals surface area contributed by atoms with Gasteiger partial charge in [-0.25, -0.2) is 0 Å². The minimum atomic E-state index is -0.103. The number of pyridine rings is 1. The maximum atomic E-state index is 12.8. The zero-order valence-electron chi connectivity index (χ0n) is 14.4. The topological polar surface area (TPSA) is 53.5 Å². The lowest BCUT2D eigenvalue weighted by molar-refractivity contribution is -0.116. The van der Waals surface area contributed by atoms with Gasteiger partial charge in [-0.3, -0.25) is 14.6 Å². The quantitative estimate of drug-likeness (QED) is 0.792. The molecule has 2 aromatic rings. The fraction of sp³-hybridized carbons (Fsp3) is 0.250. The summed E-state index contributed by atoms with van der Waals surface area (Å²) in [5, 5.41) is 0.